The molecule has 0 atom stereocenters. The van der Waals surface area contributed by atoms with Crippen LogP contribution in [-0.2, 0) is 0 Å². The Kier molecular flexibility index (Phi) is 8.53. The van der Waals surface area contributed by atoms with Gasteiger partial charge < -0.3 is 15.0 Å². The van der Waals surface area contributed by atoms with Gasteiger partial charge in [-0.25, -0.2) is 4.98 Å². The lowest BCUT2D eigenvalue weighted by Gasteiger charge is -2.34. The number of anilines is 1. The van der Waals surface area contributed by atoms with Crippen molar-refractivity contribution in [3.63, 3.8) is 0 Å². The van der Waals surface area contributed by atoms with Gasteiger partial charge in [0.25, 0.3) is 11.6 Å². The summed E-state index contributed by atoms with van der Waals surface area (Å²) in [6.07, 6.45) is 0. The van der Waals surface area contributed by atoms with E-state index >= 15 is 0 Å². The standard InChI is InChI=1S/C22H24ClN5O4S.ClH/c1-14-3-6-18(32-2)19-20(14)33-22(25-19)27-11-9-26(10-12-27)8-7-24-21(29)16-13-15(28(30)31)4-5-17(16)23;/h3-6,13H,7-12H2,1-2H3,(H,24,29);1H. The SMILES string of the molecule is COc1ccc(C)c2sc(N3CCN(CCNC(=O)c4cc([N+](=O)[O-])ccc4Cl)CC3)nc12.Cl. The highest BCUT2D eigenvalue weighted by Gasteiger charge is 2.22. The Labute approximate surface area is 212 Å². The number of thiazole rings is 1. The molecular formula is C22H25Cl2N5O4S. The number of ether oxygens (including phenoxy) is 1. The Morgan fingerprint density at radius 2 is 2.00 bits per heavy atom. The minimum Gasteiger partial charge on any atom is -0.494 e. The highest BCUT2D eigenvalue weighted by molar-refractivity contribution is 7.22. The van der Waals surface area contributed by atoms with Crippen molar-refractivity contribution in [2.45, 2.75) is 6.92 Å². The maximum atomic E-state index is 12.4. The number of benzene rings is 2. The second-order valence-corrected chi connectivity index (χ2v) is 9.15. The molecule has 9 nitrogen and oxygen atoms in total. The van der Waals surface area contributed by atoms with Crippen LogP contribution in [-0.4, -0.2) is 67.1 Å². The van der Waals surface area contributed by atoms with Crippen molar-refractivity contribution < 1.29 is 14.5 Å². The lowest BCUT2D eigenvalue weighted by Crippen LogP contribution is -2.48. The quantitative estimate of drug-likeness (QED) is 0.365. The predicted molar refractivity (Wildman–Crippen MR) is 137 cm³/mol. The first-order valence-electron chi connectivity index (χ1n) is 10.5. The number of nitro benzene ring substituents is 1. The number of hydrogen-bond acceptors (Lipinski definition) is 8. The van der Waals surface area contributed by atoms with Gasteiger partial charge in [0.05, 0.1) is 27.3 Å². The molecule has 12 heteroatoms. The number of halogens is 2. The maximum Gasteiger partial charge on any atom is 0.270 e. The molecule has 0 radical (unpaired) electrons. The van der Waals surface area contributed by atoms with Gasteiger partial charge in [-0.1, -0.05) is 29.0 Å². The molecule has 0 saturated carbocycles. The van der Waals surface area contributed by atoms with Crippen molar-refractivity contribution in [1.29, 1.82) is 0 Å². The molecule has 1 aromatic heterocycles. The summed E-state index contributed by atoms with van der Waals surface area (Å²) in [7, 11) is 1.66. The largest absolute Gasteiger partial charge is 0.494 e. The molecular weight excluding hydrogens is 501 g/mol. The van der Waals surface area contributed by atoms with Gasteiger partial charge in [0.1, 0.15) is 11.3 Å². The van der Waals surface area contributed by atoms with Crippen LogP contribution in [0.1, 0.15) is 15.9 Å². The third-order valence-corrected chi connectivity index (χ3v) is 7.25. The minimum atomic E-state index is -0.546. The van der Waals surface area contributed by atoms with Crippen LogP contribution in [0.15, 0.2) is 30.3 Å². The average molecular weight is 526 g/mol. The van der Waals surface area contributed by atoms with Crippen LogP contribution in [0.3, 0.4) is 0 Å². The summed E-state index contributed by atoms with van der Waals surface area (Å²) in [5, 5.41) is 14.9. The zero-order chi connectivity index (χ0) is 23.5. The lowest BCUT2D eigenvalue weighted by molar-refractivity contribution is -0.384. The summed E-state index contributed by atoms with van der Waals surface area (Å²) in [5.74, 6) is 0.373. The number of nitrogens with one attached hydrogen (secondary N) is 1. The number of methoxy groups -OCH3 is 1. The molecule has 182 valence electrons. The van der Waals surface area contributed by atoms with Crippen molar-refractivity contribution >= 4 is 62.3 Å². The molecule has 1 N–H and O–H groups in total. The number of nitro groups is 1. The Morgan fingerprint density at radius 3 is 2.68 bits per heavy atom. The molecule has 0 unspecified atom stereocenters. The van der Waals surface area contributed by atoms with Crippen LogP contribution < -0.4 is 15.0 Å². The van der Waals surface area contributed by atoms with Crippen molar-refractivity contribution in [1.82, 2.24) is 15.2 Å². The van der Waals surface area contributed by atoms with Crippen LogP contribution in [0, 0.1) is 17.0 Å². The molecule has 1 saturated heterocycles. The van der Waals surface area contributed by atoms with Gasteiger partial charge >= 0.3 is 0 Å². The number of aromatic nitrogens is 1. The van der Waals surface area contributed by atoms with E-state index in [9.17, 15) is 14.9 Å². The van der Waals surface area contributed by atoms with E-state index < -0.39 is 10.8 Å². The molecule has 0 spiro atoms. The number of amides is 1. The number of rotatable bonds is 7. The topological polar surface area (TPSA) is 101 Å². The monoisotopic (exact) mass is 525 g/mol. The van der Waals surface area contributed by atoms with Crippen molar-refractivity contribution in [3.8, 4) is 5.75 Å². The molecule has 1 aliphatic rings. The Hall–Kier alpha value is -2.66. The summed E-state index contributed by atoms with van der Waals surface area (Å²) >= 11 is 7.73. The first-order chi connectivity index (χ1) is 15.9. The zero-order valence-corrected chi connectivity index (χ0v) is 21.1. The van der Waals surface area contributed by atoms with Crippen molar-refractivity contribution in [3.05, 3.63) is 56.6 Å². The molecule has 34 heavy (non-hydrogen) atoms. The molecule has 1 aliphatic heterocycles. The van der Waals surface area contributed by atoms with Crippen molar-refractivity contribution in [2.75, 3.05) is 51.3 Å². The number of aryl methyl sites for hydroxylation is 1. The first kappa shape index (κ1) is 26.0. The Balaban J connectivity index is 0.00000324. The van der Waals surface area contributed by atoms with Gasteiger partial charge in [-0.3, -0.25) is 19.8 Å². The average Bonchev–Trinajstić information content (AvgIpc) is 3.26. The first-order valence-corrected chi connectivity index (χ1v) is 11.7. The number of carbonyl (C=O) groups excluding carboxylic acids is 1. The molecule has 0 aliphatic carbocycles. The molecule has 2 aromatic carbocycles. The Morgan fingerprint density at radius 1 is 1.26 bits per heavy atom. The van der Waals surface area contributed by atoms with Gasteiger partial charge in [-0.15, -0.1) is 12.4 Å². The molecule has 2 heterocycles. The normalized spacial score (nSPS) is 14.0. The van der Waals surface area contributed by atoms with E-state index in [1.807, 2.05) is 6.07 Å². The Bertz CT molecular complexity index is 1200. The highest BCUT2D eigenvalue weighted by atomic mass is 35.5. The van der Waals surface area contributed by atoms with Crippen molar-refractivity contribution in [2.24, 2.45) is 0 Å². The molecule has 3 aromatic rings. The summed E-state index contributed by atoms with van der Waals surface area (Å²) in [4.78, 5) is 32.2. The van der Waals surface area contributed by atoms with Crippen LogP contribution in [0.5, 0.6) is 5.75 Å². The number of fused-ring (bicyclic) bond motifs is 1. The number of nitrogens with zero attached hydrogens (tertiary/aromatic N) is 4. The van der Waals surface area contributed by atoms with Crippen LogP contribution >= 0.6 is 35.3 Å². The second kappa shape index (κ2) is 11.2. The number of piperazine rings is 1. The lowest BCUT2D eigenvalue weighted by atomic mass is 10.2. The third kappa shape index (κ3) is 5.52. The molecule has 1 fully saturated rings. The van der Waals surface area contributed by atoms with Gasteiger partial charge in [-0.2, -0.15) is 0 Å². The van der Waals surface area contributed by atoms with Gasteiger partial charge in [0.15, 0.2) is 5.13 Å². The molecule has 0 bridgehead atoms. The summed E-state index contributed by atoms with van der Waals surface area (Å²) in [6.45, 7) is 6.56. The van der Waals surface area contributed by atoms with Crippen LogP contribution in [0.25, 0.3) is 10.2 Å². The van der Waals surface area contributed by atoms with Gasteiger partial charge in [-0.05, 0) is 24.6 Å². The minimum absolute atomic E-state index is 0. The van der Waals surface area contributed by atoms with E-state index in [0.29, 0.717) is 13.1 Å². The van der Waals surface area contributed by atoms with Crippen LogP contribution in [0.4, 0.5) is 10.8 Å². The predicted octanol–water partition coefficient (Wildman–Crippen LogP) is 4.15. The fourth-order valence-electron chi connectivity index (χ4n) is 3.78. The fourth-order valence-corrected chi connectivity index (χ4v) is 5.09. The number of hydrogen-bond donors (Lipinski definition) is 1. The van der Waals surface area contributed by atoms with Gasteiger partial charge in [0.2, 0.25) is 0 Å². The van der Waals surface area contributed by atoms with Gasteiger partial charge in [0, 0.05) is 51.4 Å². The molecule has 4 rings (SSSR count). The summed E-state index contributed by atoms with van der Waals surface area (Å²) < 4.78 is 6.61. The van der Waals surface area contributed by atoms with E-state index in [2.05, 4.69) is 28.1 Å². The van der Waals surface area contributed by atoms with Crippen LogP contribution in [0.2, 0.25) is 5.02 Å². The number of carbonyl (C=O) groups is 1. The third-order valence-electron chi connectivity index (χ3n) is 5.67. The van der Waals surface area contributed by atoms with E-state index in [-0.39, 0.29) is 28.7 Å². The maximum absolute atomic E-state index is 12.4. The van der Waals surface area contributed by atoms with E-state index in [4.69, 9.17) is 21.3 Å². The zero-order valence-electron chi connectivity index (χ0n) is 18.7. The second-order valence-electron chi connectivity index (χ2n) is 7.76. The summed E-state index contributed by atoms with van der Waals surface area (Å²) in [5.41, 5.74) is 2.04. The van der Waals surface area contributed by atoms with E-state index in [1.165, 1.54) is 23.8 Å². The van der Waals surface area contributed by atoms with E-state index in [0.717, 1.165) is 47.3 Å². The number of non-ortho nitro benzene ring substituents is 1. The highest BCUT2D eigenvalue weighted by Crippen LogP contribution is 2.36. The van der Waals surface area contributed by atoms with E-state index in [1.54, 1.807) is 18.4 Å². The smallest absolute Gasteiger partial charge is 0.270 e. The summed E-state index contributed by atoms with van der Waals surface area (Å²) in [6, 6.07) is 7.85. The fraction of sp³-hybridized carbons (Fsp3) is 0.364. The molecule has 1 amide bonds.